The molecule has 4 N–H and O–H groups in total. The van der Waals surface area contributed by atoms with Gasteiger partial charge in [-0.1, -0.05) is 36.4 Å². The highest BCUT2D eigenvalue weighted by molar-refractivity contribution is 7.92. The number of methoxy groups -OCH3 is 1. The minimum absolute atomic E-state index is 0.162. The third-order valence-corrected chi connectivity index (χ3v) is 6.85. The summed E-state index contributed by atoms with van der Waals surface area (Å²) in [6.45, 7) is 0.346. The van der Waals surface area contributed by atoms with E-state index >= 15 is 0 Å². The maximum atomic E-state index is 13.1. The van der Waals surface area contributed by atoms with E-state index in [1.807, 2.05) is 30.3 Å². The second-order valence-corrected chi connectivity index (χ2v) is 10.0. The van der Waals surface area contributed by atoms with Gasteiger partial charge in [-0.3, -0.25) is 9.10 Å². The Morgan fingerprint density at radius 2 is 1.72 bits per heavy atom. The molecule has 1 aliphatic heterocycles. The summed E-state index contributed by atoms with van der Waals surface area (Å²) in [5.41, 5.74) is 9.96. The number of rotatable bonds is 8. The van der Waals surface area contributed by atoms with Crippen molar-refractivity contribution >= 4 is 50.2 Å². The molecule has 0 aliphatic carbocycles. The lowest BCUT2D eigenvalue weighted by molar-refractivity contribution is -0.110. The summed E-state index contributed by atoms with van der Waals surface area (Å²) in [5, 5.41) is 6.16. The van der Waals surface area contributed by atoms with Crippen molar-refractivity contribution in [3.05, 3.63) is 89.5 Å². The van der Waals surface area contributed by atoms with Crippen LogP contribution < -0.4 is 20.7 Å². The Hall–Kier alpha value is -4.15. The van der Waals surface area contributed by atoms with Crippen LogP contribution in [-0.4, -0.2) is 46.7 Å². The molecule has 9 nitrogen and oxygen atoms in total. The highest BCUT2D eigenvalue weighted by Gasteiger charge is 2.29. The first-order chi connectivity index (χ1) is 17.2. The van der Waals surface area contributed by atoms with Gasteiger partial charge in [-0.25, -0.2) is 13.2 Å². The summed E-state index contributed by atoms with van der Waals surface area (Å²) in [6, 6.07) is 21.1. The lowest BCUT2D eigenvalue weighted by atomic mass is 9.99. The molecule has 1 amide bonds. The molecule has 3 aromatic rings. The number of nitrogens with one attached hydrogen (secondary N) is 2. The van der Waals surface area contributed by atoms with Gasteiger partial charge in [0.25, 0.3) is 5.91 Å². The average Bonchev–Trinajstić information content (AvgIpc) is 3.20. The molecule has 3 aromatic carbocycles. The summed E-state index contributed by atoms with van der Waals surface area (Å²) >= 11 is 0. The molecule has 0 atom stereocenters. The first-order valence-corrected chi connectivity index (χ1v) is 13.0. The van der Waals surface area contributed by atoms with Crippen molar-refractivity contribution in [2.24, 2.45) is 5.73 Å². The van der Waals surface area contributed by atoms with Gasteiger partial charge in [0.2, 0.25) is 10.0 Å². The Kier molecular flexibility index (Phi) is 7.09. The van der Waals surface area contributed by atoms with Crippen molar-refractivity contribution in [2.45, 2.75) is 0 Å². The smallest absolute Gasteiger partial charge is 0.337 e. The Morgan fingerprint density at radius 3 is 2.33 bits per heavy atom. The first kappa shape index (κ1) is 25.0. The second kappa shape index (κ2) is 10.2. The van der Waals surface area contributed by atoms with Crippen molar-refractivity contribution in [1.29, 1.82) is 0 Å². The number of hydrogen-bond donors (Lipinski definition) is 3. The summed E-state index contributed by atoms with van der Waals surface area (Å²) in [7, 11) is -2.19. The van der Waals surface area contributed by atoms with E-state index in [1.165, 1.54) is 11.4 Å². The van der Waals surface area contributed by atoms with E-state index in [0.29, 0.717) is 39.5 Å². The number of nitrogens with two attached hydrogens (primary N) is 1. The molecule has 10 heteroatoms. The van der Waals surface area contributed by atoms with Crippen LogP contribution in [0.5, 0.6) is 0 Å². The number of sulfonamides is 1. The number of esters is 1. The number of benzene rings is 3. The van der Waals surface area contributed by atoms with Gasteiger partial charge in [-0.2, -0.15) is 0 Å². The SMILES string of the molecule is COC(=O)c1ccc2c(c1)NC(=O)C2=C(Nc1ccc(N(CCN)S(C)(=O)=O)cc1)c1ccccc1. The zero-order valence-corrected chi connectivity index (χ0v) is 20.6. The van der Waals surface area contributed by atoms with Crippen molar-refractivity contribution in [2.75, 3.05) is 41.4 Å². The molecule has 0 spiro atoms. The minimum atomic E-state index is -3.49. The Balaban J connectivity index is 1.77. The molecule has 1 heterocycles. The van der Waals surface area contributed by atoms with Crippen LogP contribution in [0.1, 0.15) is 21.5 Å². The summed E-state index contributed by atoms with van der Waals surface area (Å²) in [5.74, 6) is -0.815. The van der Waals surface area contributed by atoms with Gasteiger partial charge in [0.1, 0.15) is 0 Å². The fourth-order valence-corrected chi connectivity index (χ4v) is 4.95. The average molecular weight is 507 g/mol. The quantitative estimate of drug-likeness (QED) is 0.316. The van der Waals surface area contributed by atoms with E-state index in [2.05, 4.69) is 10.6 Å². The van der Waals surface area contributed by atoms with Gasteiger partial charge < -0.3 is 21.1 Å². The molecule has 0 saturated heterocycles. The monoisotopic (exact) mass is 506 g/mol. The minimum Gasteiger partial charge on any atom is -0.465 e. The molecule has 0 unspecified atom stereocenters. The van der Waals surface area contributed by atoms with Crippen LogP contribution in [0, 0.1) is 0 Å². The van der Waals surface area contributed by atoms with Gasteiger partial charge in [-0.05, 0) is 42.0 Å². The van der Waals surface area contributed by atoms with Gasteiger partial charge in [0.15, 0.2) is 0 Å². The normalized spacial score (nSPS) is 14.0. The number of amides is 1. The molecular weight excluding hydrogens is 480 g/mol. The van der Waals surface area contributed by atoms with Crippen LogP contribution in [0.4, 0.5) is 17.1 Å². The topological polar surface area (TPSA) is 131 Å². The molecule has 0 bridgehead atoms. The predicted molar refractivity (Wildman–Crippen MR) is 141 cm³/mol. The Bertz CT molecular complexity index is 1430. The molecule has 0 fully saturated rings. The first-order valence-electron chi connectivity index (χ1n) is 11.1. The van der Waals surface area contributed by atoms with Crippen LogP contribution in [0.3, 0.4) is 0 Å². The molecule has 4 rings (SSSR count). The summed E-state index contributed by atoms with van der Waals surface area (Å²) in [4.78, 5) is 25.0. The van der Waals surface area contributed by atoms with Gasteiger partial charge >= 0.3 is 5.97 Å². The molecule has 0 radical (unpaired) electrons. The van der Waals surface area contributed by atoms with Gasteiger partial charge in [-0.15, -0.1) is 0 Å². The Morgan fingerprint density at radius 1 is 1.03 bits per heavy atom. The largest absolute Gasteiger partial charge is 0.465 e. The van der Waals surface area contributed by atoms with Crippen LogP contribution in [0.15, 0.2) is 72.8 Å². The Labute approximate surface area is 209 Å². The molecule has 186 valence electrons. The highest BCUT2D eigenvalue weighted by Crippen LogP contribution is 2.38. The number of fused-ring (bicyclic) bond motifs is 1. The fourth-order valence-electron chi connectivity index (χ4n) is 4.01. The highest BCUT2D eigenvalue weighted by atomic mass is 32.2. The fraction of sp³-hybridized carbons (Fsp3) is 0.154. The predicted octanol–water partition coefficient (Wildman–Crippen LogP) is 3.13. The summed E-state index contributed by atoms with van der Waals surface area (Å²) in [6.07, 6.45) is 1.13. The van der Waals surface area contributed by atoms with Crippen LogP contribution >= 0.6 is 0 Å². The van der Waals surface area contributed by atoms with Crippen molar-refractivity contribution in [1.82, 2.24) is 0 Å². The standard InChI is InChI=1S/C26H26N4O5S/c1-35-26(32)18-8-13-21-22(16-18)29-25(31)23(21)24(17-6-4-3-5-7-17)28-19-9-11-20(12-10-19)30(15-14-27)36(2,33)34/h3-13,16,28H,14-15,27H2,1-2H3,(H,29,31). The third-order valence-electron chi connectivity index (χ3n) is 5.65. The lowest BCUT2D eigenvalue weighted by Gasteiger charge is -2.22. The molecule has 0 aromatic heterocycles. The van der Waals surface area contributed by atoms with E-state index in [1.54, 1.807) is 42.5 Å². The van der Waals surface area contributed by atoms with Crippen LogP contribution in [0.2, 0.25) is 0 Å². The van der Waals surface area contributed by atoms with Crippen molar-refractivity contribution in [3.63, 3.8) is 0 Å². The zero-order chi connectivity index (χ0) is 25.9. The molecule has 0 saturated carbocycles. The zero-order valence-electron chi connectivity index (χ0n) is 19.8. The maximum absolute atomic E-state index is 13.1. The number of ether oxygens (including phenoxy) is 1. The van der Waals surface area contributed by atoms with Crippen molar-refractivity contribution < 1.29 is 22.7 Å². The number of carbonyl (C=O) groups excluding carboxylic acids is 2. The number of anilines is 3. The third kappa shape index (κ3) is 5.09. The van der Waals surface area contributed by atoms with Crippen LogP contribution in [0.25, 0.3) is 11.3 Å². The number of nitrogens with zero attached hydrogens (tertiary/aromatic N) is 1. The summed E-state index contributed by atoms with van der Waals surface area (Å²) < 4.78 is 30.3. The van der Waals surface area contributed by atoms with Crippen LogP contribution in [-0.2, 0) is 19.6 Å². The van der Waals surface area contributed by atoms with Gasteiger partial charge in [0, 0.05) is 24.3 Å². The van der Waals surface area contributed by atoms with Crippen molar-refractivity contribution in [3.8, 4) is 0 Å². The van der Waals surface area contributed by atoms with E-state index in [4.69, 9.17) is 10.5 Å². The number of carbonyl (C=O) groups is 2. The number of hydrogen-bond acceptors (Lipinski definition) is 7. The maximum Gasteiger partial charge on any atom is 0.337 e. The van der Waals surface area contributed by atoms with E-state index in [0.717, 1.165) is 11.8 Å². The van der Waals surface area contributed by atoms with E-state index in [9.17, 15) is 18.0 Å². The molecular formula is C26H26N4O5S. The van der Waals surface area contributed by atoms with E-state index < -0.39 is 16.0 Å². The molecule has 36 heavy (non-hydrogen) atoms. The van der Waals surface area contributed by atoms with E-state index in [-0.39, 0.29) is 19.0 Å². The molecule has 1 aliphatic rings. The van der Waals surface area contributed by atoms with Gasteiger partial charge in [0.05, 0.1) is 41.6 Å². The second-order valence-electron chi connectivity index (χ2n) is 8.12. The lowest BCUT2D eigenvalue weighted by Crippen LogP contribution is -2.34.